The molecule has 0 aromatic heterocycles. The van der Waals surface area contributed by atoms with Crippen molar-refractivity contribution in [3.63, 3.8) is 0 Å². The molecule has 4 saturated carbocycles. The van der Waals surface area contributed by atoms with Gasteiger partial charge in [-0.2, -0.15) is 0 Å². The molecule has 170 valence electrons. The van der Waals surface area contributed by atoms with E-state index in [1.807, 2.05) is 6.92 Å². The summed E-state index contributed by atoms with van der Waals surface area (Å²) in [6.45, 7) is 9.57. The first-order chi connectivity index (χ1) is 14.0. The van der Waals surface area contributed by atoms with Crippen molar-refractivity contribution in [3.8, 4) is 0 Å². The quantitative estimate of drug-likeness (QED) is 0.673. The van der Waals surface area contributed by atoms with Gasteiger partial charge in [0.05, 0.1) is 0 Å². The van der Waals surface area contributed by atoms with Crippen molar-refractivity contribution in [2.75, 3.05) is 0 Å². The van der Waals surface area contributed by atoms with E-state index < -0.39 is 11.7 Å². The van der Waals surface area contributed by atoms with Crippen LogP contribution in [0.5, 0.6) is 0 Å². The molecule has 5 heteroatoms. The molecule has 4 fully saturated rings. The molecular weight excluding hydrogens is 380 g/mol. The lowest BCUT2D eigenvalue weighted by atomic mass is 9.44. The molecule has 0 aromatic rings. The number of ether oxygens (including phenoxy) is 2. The molecule has 0 heterocycles. The topological polar surface area (TPSA) is 72.8 Å². The zero-order valence-corrected chi connectivity index (χ0v) is 19.4. The third-order valence-corrected chi connectivity index (χ3v) is 10.2. The summed E-state index contributed by atoms with van der Waals surface area (Å²) < 4.78 is 11.1. The van der Waals surface area contributed by atoms with Crippen LogP contribution in [0.3, 0.4) is 0 Å². The average molecular weight is 421 g/mol. The number of aliphatic hydroxyl groups is 1. The molecule has 0 saturated heterocycles. The largest absolute Gasteiger partial charge is 0.463 e. The lowest BCUT2D eigenvalue weighted by Gasteiger charge is -2.62. The summed E-state index contributed by atoms with van der Waals surface area (Å²) in [6.07, 6.45) is 9.02. The van der Waals surface area contributed by atoms with E-state index in [2.05, 4.69) is 13.8 Å². The van der Waals surface area contributed by atoms with E-state index >= 15 is 0 Å². The third-order valence-electron chi connectivity index (χ3n) is 10.2. The van der Waals surface area contributed by atoms with Crippen LogP contribution in [0.1, 0.15) is 92.4 Å². The van der Waals surface area contributed by atoms with Crippen LogP contribution in [-0.4, -0.2) is 34.9 Å². The van der Waals surface area contributed by atoms with E-state index in [1.54, 1.807) is 0 Å². The highest BCUT2D eigenvalue weighted by Crippen LogP contribution is 2.68. The molecule has 9 atom stereocenters. The van der Waals surface area contributed by atoms with Gasteiger partial charge in [-0.3, -0.25) is 9.59 Å². The van der Waals surface area contributed by atoms with Gasteiger partial charge in [0.1, 0.15) is 17.8 Å². The van der Waals surface area contributed by atoms with Gasteiger partial charge in [-0.1, -0.05) is 13.8 Å². The van der Waals surface area contributed by atoms with Crippen LogP contribution < -0.4 is 0 Å². The van der Waals surface area contributed by atoms with Crippen molar-refractivity contribution in [1.82, 2.24) is 0 Å². The molecule has 5 nitrogen and oxygen atoms in total. The highest BCUT2D eigenvalue weighted by molar-refractivity contribution is 5.66. The fourth-order valence-electron chi connectivity index (χ4n) is 8.63. The predicted molar refractivity (Wildman–Crippen MR) is 113 cm³/mol. The number of fused-ring (bicyclic) bond motifs is 5. The molecule has 1 N–H and O–H groups in total. The smallest absolute Gasteiger partial charge is 0.302 e. The van der Waals surface area contributed by atoms with E-state index in [9.17, 15) is 14.7 Å². The predicted octanol–water partition coefficient (Wildman–Crippen LogP) is 4.64. The van der Waals surface area contributed by atoms with Crippen molar-refractivity contribution < 1.29 is 24.2 Å². The highest BCUT2D eigenvalue weighted by atomic mass is 16.6. The SMILES string of the molecule is CC(=O)O[C@H]1CC[C@@]2(C)[C@@H](CC[C@H]3[C@H]4CC[C@@](O)([C@@H](C)OC(C)=O)[C@@]4(C)CC[C@@H]32)C1. The molecule has 0 spiro atoms. The third kappa shape index (κ3) is 3.22. The van der Waals surface area contributed by atoms with E-state index in [0.717, 1.165) is 44.9 Å². The summed E-state index contributed by atoms with van der Waals surface area (Å²) in [7, 11) is 0. The second kappa shape index (κ2) is 7.50. The minimum atomic E-state index is -0.932. The van der Waals surface area contributed by atoms with Crippen molar-refractivity contribution in [2.24, 2.45) is 34.5 Å². The number of hydrogen-bond donors (Lipinski definition) is 1. The van der Waals surface area contributed by atoms with Gasteiger partial charge < -0.3 is 14.6 Å². The maximum Gasteiger partial charge on any atom is 0.302 e. The van der Waals surface area contributed by atoms with Crippen LogP contribution in [0.4, 0.5) is 0 Å². The van der Waals surface area contributed by atoms with Crippen molar-refractivity contribution in [2.45, 2.75) is 110 Å². The van der Waals surface area contributed by atoms with Gasteiger partial charge in [-0.25, -0.2) is 0 Å². The minimum absolute atomic E-state index is 0.0899. The van der Waals surface area contributed by atoms with Gasteiger partial charge in [0.2, 0.25) is 0 Å². The monoisotopic (exact) mass is 420 g/mol. The molecule has 4 rings (SSSR count). The molecule has 4 aliphatic rings. The van der Waals surface area contributed by atoms with Crippen LogP contribution in [0, 0.1) is 34.5 Å². The van der Waals surface area contributed by atoms with Gasteiger partial charge in [0.25, 0.3) is 0 Å². The van der Waals surface area contributed by atoms with Crippen molar-refractivity contribution in [1.29, 1.82) is 0 Å². The van der Waals surface area contributed by atoms with Gasteiger partial charge >= 0.3 is 11.9 Å². The minimum Gasteiger partial charge on any atom is -0.463 e. The summed E-state index contributed by atoms with van der Waals surface area (Å²) in [6, 6.07) is 0. The second-order valence-electron chi connectivity index (χ2n) is 11.3. The van der Waals surface area contributed by atoms with E-state index in [4.69, 9.17) is 9.47 Å². The molecule has 0 bridgehead atoms. The molecule has 0 radical (unpaired) electrons. The Balaban J connectivity index is 1.54. The summed E-state index contributed by atoms with van der Waals surface area (Å²) in [5, 5.41) is 11.7. The van der Waals surface area contributed by atoms with Crippen LogP contribution in [0.15, 0.2) is 0 Å². The number of rotatable bonds is 3. The van der Waals surface area contributed by atoms with Crippen LogP contribution in [-0.2, 0) is 19.1 Å². The summed E-state index contributed by atoms with van der Waals surface area (Å²) >= 11 is 0. The molecular formula is C25H40O5. The Hall–Kier alpha value is -1.10. The van der Waals surface area contributed by atoms with E-state index in [0.29, 0.717) is 29.1 Å². The Kier molecular flexibility index (Phi) is 5.52. The normalized spacial score (nSPS) is 48.7. The zero-order valence-electron chi connectivity index (χ0n) is 19.4. The maximum atomic E-state index is 11.7. The first kappa shape index (κ1) is 22.1. The average Bonchev–Trinajstić information content (AvgIpc) is 2.93. The molecule has 30 heavy (non-hydrogen) atoms. The summed E-state index contributed by atoms with van der Waals surface area (Å²) in [5.74, 6) is 1.96. The maximum absolute atomic E-state index is 11.7. The van der Waals surface area contributed by atoms with Crippen molar-refractivity contribution in [3.05, 3.63) is 0 Å². The molecule has 4 aliphatic carbocycles. The molecule has 0 amide bonds. The van der Waals surface area contributed by atoms with Crippen LogP contribution in [0.2, 0.25) is 0 Å². The number of carbonyl (C=O) groups excluding carboxylic acids is 2. The highest BCUT2D eigenvalue weighted by Gasteiger charge is 2.66. The lowest BCUT2D eigenvalue weighted by molar-refractivity contribution is -0.201. The number of hydrogen-bond acceptors (Lipinski definition) is 5. The van der Waals surface area contributed by atoms with Gasteiger partial charge in [-0.05, 0) is 93.8 Å². The summed E-state index contributed by atoms with van der Waals surface area (Å²) in [5.41, 5.74) is -0.816. The van der Waals surface area contributed by atoms with E-state index in [-0.39, 0.29) is 23.5 Å². The van der Waals surface area contributed by atoms with E-state index in [1.165, 1.54) is 26.7 Å². The Morgan fingerprint density at radius 2 is 1.63 bits per heavy atom. The van der Waals surface area contributed by atoms with Gasteiger partial charge in [0, 0.05) is 19.3 Å². The summed E-state index contributed by atoms with van der Waals surface area (Å²) in [4.78, 5) is 23.0. The van der Waals surface area contributed by atoms with Crippen molar-refractivity contribution >= 4 is 11.9 Å². The van der Waals surface area contributed by atoms with Gasteiger partial charge in [-0.15, -0.1) is 0 Å². The fraction of sp³-hybridized carbons (Fsp3) is 0.920. The molecule has 0 unspecified atom stereocenters. The molecule has 0 aliphatic heterocycles. The Morgan fingerprint density at radius 3 is 2.30 bits per heavy atom. The van der Waals surface area contributed by atoms with Crippen LogP contribution >= 0.6 is 0 Å². The van der Waals surface area contributed by atoms with Crippen LogP contribution in [0.25, 0.3) is 0 Å². The zero-order chi connectivity index (χ0) is 21.9. The Morgan fingerprint density at radius 1 is 0.933 bits per heavy atom. The Bertz CT molecular complexity index is 706. The first-order valence-corrected chi connectivity index (χ1v) is 12.1. The lowest BCUT2D eigenvalue weighted by Crippen LogP contribution is -2.60. The fourth-order valence-corrected chi connectivity index (χ4v) is 8.63. The number of carbonyl (C=O) groups is 2. The van der Waals surface area contributed by atoms with Gasteiger partial charge in [0.15, 0.2) is 0 Å². The Labute approximate surface area is 181 Å². The second-order valence-corrected chi connectivity index (χ2v) is 11.3. The molecule has 0 aromatic carbocycles. The standard InChI is InChI=1S/C25H40O5/c1-15(29-16(2)26)25(28)13-10-22-20-7-6-18-14-19(30-17(3)27)8-11-23(18,4)21(20)9-12-24(22,25)5/h15,18-22,28H,6-14H2,1-5H3/t15-,18+,19+,20-,21+,22-,23+,24+,25-/m1/s1. The first-order valence-electron chi connectivity index (χ1n) is 12.1. The number of esters is 2.